The number of rotatable bonds is 6. The van der Waals surface area contributed by atoms with Crippen LogP contribution in [0.4, 0.5) is 4.39 Å². The van der Waals surface area contributed by atoms with Gasteiger partial charge < -0.3 is 14.5 Å². The number of methoxy groups -OCH3 is 1. The standard InChI is InChI=1S/C15H23FN2O2/c1-6-18(11(2)10-17(3)4)15(19)13-8-7-12(20-5)9-14(13)16/h7-9,11H,6,10H2,1-5H3. The van der Waals surface area contributed by atoms with Crippen LogP contribution < -0.4 is 4.74 Å². The fraction of sp³-hybridized carbons (Fsp3) is 0.533. The smallest absolute Gasteiger partial charge is 0.257 e. The van der Waals surface area contributed by atoms with Gasteiger partial charge in [-0.2, -0.15) is 0 Å². The largest absolute Gasteiger partial charge is 0.497 e. The molecule has 20 heavy (non-hydrogen) atoms. The third-order valence-corrected chi connectivity index (χ3v) is 3.17. The Balaban J connectivity index is 2.96. The minimum atomic E-state index is -0.551. The van der Waals surface area contributed by atoms with Crippen LogP contribution in [0.25, 0.3) is 0 Å². The maximum absolute atomic E-state index is 14.0. The van der Waals surface area contributed by atoms with E-state index < -0.39 is 5.82 Å². The first-order valence-electron chi connectivity index (χ1n) is 6.69. The quantitative estimate of drug-likeness (QED) is 0.802. The van der Waals surface area contributed by atoms with E-state index in [-0.39, 0.29) is 17.5 Å². The van der Waals surface area contributed by atoms with Crippen molar-refractivity contribution < 1.29 is 13.9 Å². The van der Waals surface area contributed by atoms with Gasteiger partial charge >= 0.3 is 0 Å². The van der Waals surface area contributed by atoms with Gasteiger partial charge in [0.1, 0.15) is 11.6 Å². The van der Waals surface area contributed by atoms with Crippen LogP contribution in [-0.2, 0) is 0 Å². The number of likely N-dealkylation sites (N-methyl/N-ethyl adjacent to an activating group) is 2. The highest BCUT2D eigenvalue weighted by Gasteiger charge is 2.23. The first kappa shape index (κ1) is 16.4. The normalized spacial score (nSPS) is 12.3. The Kier molecular flexibility index (Phi) is 5.95. The van der Waals surface area contributed by atoms with Crippen molar-refractivity contribution in [3.05, 3.63) is 29.6 Å². The van der Waals surface area contributed by atoms with E-state index in [1.54, 1.807) is 11.0 Å². The molecule has 0 aliphatic carbocycles. The molecule has 0 bridgehead atoms. The van der Waals surface area contributed by atoms with Crippen molar-refractivity contribution in [1.82, 2.24) is 9.80 Å². The number of carbonyl (C=O) groups excluding carboxylic acids is 1. The molecule has 0 N–H and O–H groups in total. The molecule has 112 valence electrons. The lowest BCUT2D eigenvalue weighted by Crippen LogP contribution is -2.44. The maximum atomic E-state index is 14.0. The molecule has 0 spiro atoms. The van der Waals surface area contributed by atoms with E-state index in [4.69, 9.17) is 4.74 Å². The molecule has 4 nitrogen and oxygen atoms in total. The van der Waals surface area contributed by atoms with Crippen molar-refractivity contribution in [3.63, 3.8) is 0 Å². The number of halogens is 1. The molecule has 0 aliphatic rings. The van der Waals surface area contributed by atoms with Crippen LogP contribution in [0.5, 0.6) is 5.75 Å². The van der Waals surface area contributed by atoms with Gasteiger partial charge in [0.25, 0.3) is 5.91 Å². The lowest BCUT2D eigenvalue weighted by atomic mass is 10.1. The van der Waals surface area contributed by atoms with Crippen molar-refractivity contribution >= 4 is 5.91 Å². The van der Waals surface area contributed by atoms with Crippen molar-refractivity contribution in [2.45, 2.75) is 19.9 Å². The summed E-state index contributed by atoms with van der Waals surface area (Å²) < 4.78 is 18.9. The summed E-state index contributed by atoms with van der Waals surface area (Å²) in [5.74, 6) is -0.435. The van der Waals surface area contributed by atoms with Gasteiger partial charge in [0.2, 0.25) is 0 Å². The van der Waals surface area contributed by atoms with E-state index in [2.05, 4.69) is 0 Å². The molecular formula is C15H23FN2O2. The number of hydrogen-bond acceptors (Lipinski definition) is 3. The predicted octanol–water partition coefficient (Wildman–Crippen LogP) is 2.25. The highest BCUT2D eigenvalue weighted by Crippen LogP contribution is 2.18. The number of nitrogens with zero attached hydrogens (tertiary/aromatic N) is 2. The van der Waals surface area contributed by atoms with Crippen LogP contribution in [0.15, 0.2) is 18.2 Å². The van der Waals surface area contributed by atoms with Gasteiger partial charge in [-0.25, -0.2) is 4.39 Å². The second kappa shape index (κ2) is 7.24. The molecule has 1 rings (SSSR count). The molecule has 0 heterocycles. The Morgan fingerprint density at radius 3 is 2.50 bits per heavy atom. The molecule has 0 saturated carbocycles. The van der Waals surface area contributed by atoms with Crippen LogP contribution in [0.1, 0.15) is 24.2 Å². The van der Waals surface area contributed by atoms with E-state index in [0.717, 1.165) is 6.54 Å². The van der Waals surface area contributed by atoms with E-state index >= 15 is 0 Å². The second-order valence-corrected chi connectivity index (χ2v) is 5.05. The first-order valence-corrected chi connectivity index (χ1v) is 6.69. The minimum absolute atomic E-state index is 0.0176. The van der Waals surface area contributed by atoms with Gasteiger partial charge in [-0.3, -0.25) is 4.79 Å². The van der Waals surface area contributed by atoms with Crippen LogP contribution >= 0.6 is 0 Å². The average Bonchev–Trinajstić information content (AvgIpc) is 2.38. The molecule has 0 radical (unpaired) electrons. The van der Waals surface area contributed by atoms with E-state index in [1.807, 2.05) is 32.8 Å². The van der Waals surface area contributed by atoms with Crippen molar-refractivity contribution in [2.75, 3.05) is 34.3 Å². The van der Waals surface area contributed by atoms with Gasteiger partial charge in [0, 0.05) is 25.2 Å². The zero-order valence-corrected chi connectivity index (χ0v) is 12.8. The predicted molar refractivity (Wildman–Crippen MR) is 77.7 cm³/mol. The Morgan fingerprint density at radius 2 is 2.05 bits per heavy atom. The molecule has 0 aliphatic heterocycles. The topological polar surface area (TPSA) is 32.8 Å². The Labute approximate surface area is 120 Å². The van der Waals surface area contributed by atoms with Crippen molar-refractivity contribution in [2.24, 2.45) is 0 Å². The van der Waals surface area contributed by atoms with Crippen LogP contribution in [0.3, 0.4) is 0 Å². The molecule has 1 aromatic rings. The minimum Gasteiger partial charge on any atom is -0.497 e. The number of hydrogen-bond donors (Lipinski definition) is 0. The lowest BCUT2D eigenvalue weighted by molar-refractivity contribution is 0.0674. The number of ether oxygens (including phenoxy) is 1. The molecule has 1 amide bonds. The van der Waals surface area contributed by atoms with Crippen molar-refractivity contribution in [3.8, 4) is 5.75 Å². The van der Waals surface area contributed by atoms with Gasteiger partial charge in [0.05, 0.1) is 12.7 Å². The zero-order chi connectivity index (χ0) is 15.3. The summed E-state index contributed by atoms with van der Waals surface area (Å²) in [6, 6.07) is 4.32. The molecule has 5 heteroatoms. The molecule has 0 saturated heterocycles. The summed E-state index contributed by atoms with van der Waals surface area (Å²) in [6.45, 7) is 5.13. The van der Waals surface area contributed by atoms with Gasteiger partial charge in [0.15, 0.2) is 0 Å². The first-order chi connectivity index (χ1) is 9.40. The Morgan fingerprint density at radius 1 is 1.40 bits per heavy atom. The molecular weight excluding hydrogens is 259 g/mol. The second-order valence-electron chi connectivity index (χ2n) is 5.05. The van der Waals surface area contributed by atoms with Crippen molar-refractivity contribution in [1.29, 1.82) is 0 Å². The molecule has 1 unspecified atom stereocenters. The van der Waals surface area contributed by atoms with Gasteiger partial charge in [-0.1, -0.05) is 0 Å². The van der Waals surface area contributed by atoms with Crippen LogP contribution in [0.2, 0.25) is 0 Å². The Hall–Kier alpha value is -1.62. The third kappa shape index (κ3) is 3.93. The molecule has 1 atom stereocenters. The summed E-state index contributed by atoms with van der Waals surface area (Å²) in [6.07, 6.45) is 0. The highest BCUT2D eigenvalue weighted by atomic mass is 19.1. The van der Waals surface area contributed by atoms with E-state index in [9.17, 15) is 9.18 Å². The maximum Gasteiger partial charge on any atom is 0.257 e. The van der Waals surface area contributed by atoms with Gasteiger partial charge in [-0.05, 0) is 40.1 Å². The average molecular weight is 282 g/mol. The van der Waals surface area contributed by atoms with E-state index in [0.29, 0.717) is 12.3 Å². The highest BCUT2D eigenvalue weighted by molar-refractivity contribution is 5.94. The number of benzene rings is 1. The van der Waals surface area contributed by atoms with Gasteiger partial charge in [-0.15, -0.1) is 0 Å². The molecule has 1 aromatic carbocycles. The summed E-state index contributed by atoms with van der Waals surface area (Å²) in [5, 5.41) is 0. The van der Waals surface area contributed by atoms with Crippen LogP contribution in [-0.4, -0.2) is 56.0 Å². The number of amides is 1. The Bertz CT molecular complexity index is 463. The summed E-state index contributed by atoms with van der Waals surface area (Å²) in [7, 11) is 5.36. The third-order valence-electron chi connectivity index (χ3n) is 3.17. The SMILES string of the molecule is CCN(C(=O)c1ccc(OC)cc1F)C(C)CN(C)C. The fourth-order valence-electron chi connectivity index (χ4n) is 2.23. The zero-order valence-electron chi connectivity index (χ0n) is 12.8. The lowest BCUT2D eigenvalue weighted by Gasteiger charge is -2.30. The fourth-order valence-corrected chi connectivity index (χ4v) is 2.23. The molecule has 0 aromatic heterocycles. The van der Waals surface area contributed by atoms with E-state index in [1.165, 1.54) is 19.2 Å². The summed E-state index contributed by atoms with van der Waals surface area (Å²) in [4.78, 5) is 16.1. The molecule has 0 fully saturated rings. The monoisotopic (exact) mass is 282 g/mol. The number of carbonyl (C=O) groups is 1. The summed E-state index contributed by atoms with van der Waals surface area (Å²) in [5.41, 5.74) is 0.0817. The van der Waals surface area contributed by atoms with Crippen LogP contribution in [0, 0.1) is 5.82 Å². The summed E-state index contributed by atoms with van der Waals surface area (Å²) >= 11 is 0.